The van der Waals surface area contributed by atoms with Crippen LogP contribution in [0.1, 0.15) is 38.5 Å². The van der Waals surface area contributed by atoms with Gasteiger partial charge in [0.05, 0.1) is 5.41 Å². The first-order valence-electron chi connectivity index (χ1n) is 9.03. The maximum atomic E-state index is 12.9. The molecule has 0 spiro atoms. The van der Waals surface area contributed by atoms with E-state index in [1.165, 1.54) is 32.5 Å². The number of hydrogen-bond acceptors (Lipinski definition) is 4. The second-order valence-corrected chi connectivity index (χ2v) is 7.34. The van der Waals surface area contributed by atoms with Crippen LogP contribution in [0.15, 0.2) is 0 Å². The normalized spacial score (nSPS) is 25.0. The summed E-state index contributed by atoms with van der Waals surface area (Å²) in [6.45, 7) is 7.42. The molecule has 3 fully saturated rings. The van der Waals surface area contributed by atoms with Crippen molar-refractivity contribution in [2.75, 3.05) is 52.5 Å². The first-order chi connectivity index (χ1) is 10.7. The second-order valence-electron chi connectivity index (χ2n) is 7.34. The molecule has 3 rings (SSSR count). The molecule has 24 heavy (non-hydrogen) atoms. The molecule has 3 heterocycles. The molecule has 0 atom stereocenters. The SMILES string of the molecule is Cl.Cl.NCC1(C(=O)N2CCC(CN3CCCC3)CC2)CCOCC1. The van der Waals surface area contributed by atoms with E-state index in [9.17, 15) is 4.79 Å². The number of amides is 1. The summed E-state index contributed by atoms with van der Waals surface area (Å²) < 4.78 is 5.42. The zero-order chi connectivity index (χ0) is 15.4. The second kappa shape index (κ2) is 10.2. The maximum absolute atomic E-state index is 12.9. The zero-order valence-corrected chi connectivity index (χ0v) is 16.2. The van der Waals surface area contributed by atoms with Crippen molar-refractivity contribution in [1.82, 2.24) is 9.80 Å². The first-order valence-corrected chi connectivity index (χ1v) is 9.03. The predicted molar refractivity (Wildman–Crippen MR) is 101 cm³/mol. The molecule has 0 aromatic heterocycles. The third-order valence-electron chi connectivity index (χ3n) is 5.91. The van der Waals surface area contributed by atoms with Crippen LogP contribution in [0.2, 0.25) is 0 Å². The summed E-state index contributed by atoms with van der Waals surface area (Å²) in [4.78, 5) is 17.6. The van der Waals surface area contributed by atoms with Gasteiger partial charge in [0.25, 0.3) is 0 Å². The molecule has 0 saturated carbocycles. The van der Waals surface area contributed by atoms with Gasteiger partial charge in [-0.3, -0.25) is 4.79 Å². The van der Waals surface area contributed by atoms with Crippen molar-refractivity contribution in [1.29, 1.82) is 0 Å². The summed E-state index contributed by atoms with van der Waals surface area (Å²) in [5.74, 6) is 1.06. The fraction of sp³-hybridized carbons (Fsp3) is 0.941. The minimum Gasteiger partial charge on any atom is -0.381 e. The number of nitrogens with zero attached hydrogens (tertiary/aromatic N) is 2. The smallest absolute Gasteiger partial charge is 0.230 e. The lowest BCUT2D eigenvalue weighted by molar-refractivity contribution is -0.148. The van der Waals surface area contributed by atoms with Gasteiger partial charge in [-0.25, -0.2) is 0 Å². The van der Waals surface area contributed by atoms with Gasteiger partial charge in [-0.15, -0.1) is 24.8 Å². The molecule has 142 valence electrons. The van der Waals surface area contributed by atoms with Crippen LogP contribution in [-0.2, 0) is 9.53 Å². The average molecular weight is 382 g/mol. The van der Waals surface area contributed by atoms with Crippen LogP contribution < -0.4 is 5.73 Å². The number of likely N-dealkylation sites (tertiary alicyclic amines) is 2. The molecule has 0 bridgehead atoms. The highest BCUT2D eigenvalue weighted by Crippen LogP contribution is 2.33. The fourth-order valence-electron chi connectivity index (χ4n) is 4.25. The number of ether oxygens (including phenoxy) is 1. The molecule has 3 aliphatic rings. The van der Waals surface area contributed by atoms with Crippen molar-refractivity contribution in [3.05, 3.63) is 0 Å². The Morgan fingerprint density at radius 1 is 1.04 bits per heavy atom. The molecule has 0 aromatic carbocycles. The maximum Gasteiger partial charge on any atom is 0.230 e. The number of piperidine rings is 1. The summed E-state index contributed by atoms with van der Waals surface area (Å²) in [5, 5.41) is 0. The van der Waals surface area contributed by atoms with E-state index < -0.39 is 0 Å². The molecular formula is C17H33Cl2N3O2. The number of carbonyl (C=O) groups excluding carboxylic acids is 1. The van der Waals surface area contributed by atoms with E-state index in [1.54, 1.807) is 0 Å². The molecule has 3 saturated heterocycles. The van der Waals surface area contributed by atoms with Crippen molar-refractivity contribution in [2.45, 2.75) is 38.5 Å². The van der Waals surface area contributed by atoms with Gasteiger partial charge in [-0.2, -0.15) is 0 Å². The lowest BCUT2D eigenvalue weighted by Crippen LogP contribution is -2.53. The van der Waals surface area contributed by atoms with Crippen molar-refractivity contribution < 1.29 is 9.53 Å². The zero-order valence-electron chi connectivity index (χ0n) is 14.6. The van der Waals surface area contributed by atoms with E-state index >= 15 is 0 Å². The topological polar surface area (TPSA) is 58.8 Å². The van der Waals surface area contributed by atoms with Gasteiger partial charge in [0.2, 0.25) is 5.91 Å². The first kappa shape index (κ1) is 22.0. The summed E-state index contributed by atoms with van der Waals surface area (Å²) >= 11 is 0. The molecule has 0 unspecified atom stereocenters. The van der Waals surface area contributed by atoms with E-state index in [0.29, 0.717) is 19.8 Å². The molecular weight excluding hydrogens is 349 g/mol. The number of hydrogen-bond donors (Lipinski definition) is 1. The Bertz CT molecular complexity index is 378. The Morgan fingerprint density at radius 3 is 2.17 bits per heavy atom. The third kappa shape index (κ3) is 4.98. The highest BCUT2D eigenvalue weighted by atomic mass is 35.5. The molecule has 0 aromatic rings. The molecule has 0 aliphatic carbocycles. The molecule has 3 aliphatic heterocycles. The van der Waals surface area contributed by atoms with Crippen LogP contribution in [-0.4, -0.2) is 68.2 Å². The highest BCUT2D eigenvalue weighted by molar-refractivity contribution is 5.85. The highest BCUT2D eigenvalue weighted by Gasteiger charge is 2.42. The molecule has 5 nitrogen and oxygen atoms in total. The van der Waals surface area contributed by atoms with Crippen LogP contribution in [0.4, 0.5) is 0 Å². The van der Waals surface area contributed by atoms with Gasteiger partial charge in [0.15, 0.2) is 0 Å². The quantitative estimate of drug-likeness (QED) is 0.807. The lowest BCUT2D eigenvalue weighted by atomic mass is 9.78. The van der Waals surface area contributed by atoms with Gasteiger partial charge in [0.1, 0.15) is 0 Å². The number of carbonyl (C=O) groups is 1. The van der Waals surface area contributed by atoms with E-state index in [4.69, 9.17) is 10.5 Å². The summed E-state index contributed by atoms with van der Waals surface area (Å²) in [6, 6.07) is 0. The standard InChI is InChI=1S/C17H31N3O2.2ClH/c18-14-17(5-11-22-12-6-17)16(21)20-9-3-15(4-10-20)13-19-7-1-2-8-19;;/h15H,1-14,18H2;2*1H. The van der Waals surface area contributed by atoms with Crippen LogP contribution in [0.3, 0.4) is 0 Å². The fourth-order valence-corrected chi connectivity index (χ4v) is 4.25. The van der Waals surface area contributed by atoms with Crippen LogP contribution in [0.5, 0.6) is 0 Å². The Labute approximate surface area is 158 Å². The van der Waals surface area contributed by atoms with Crippen LogP contribution >= 0.6 is 24.8 Å². The van der Waals surface area contributed by atoms with Crippen molar-refractivity contribution in [3.8, 4) is 0 Å². The Kier molecular flexibility index (Phi) is 9.31. The van der Waals surface area contributed by atoms with Crippen molar-refractivity contribution in [3.63, 3.8) is 0 Å². The lowest BCUT2D eigenvalue weighted by Gasteiger charge is -2.41. The minimum absolute atomic E-state index is 0. The molecule has 7 heteroatoms. The van der Waals surface area contributed by atoms with Gasteiger partial charge in [-0.1, -0.05) is 0 Å². The molecule has 0 radical (unpaired) electrons. The van der Waals surface area contributed by atoms with Gasteiger partial charge in [-0.05, 0) is 57.5 Å². The summed E-state index contributed by atoms with van der Waals surface area (Å²) in [5.41, 5.74) is 5.63. The van der Waals surface area contributed by atoms with Crippen molar-refractivity contribution >= 4 is 30.7 Å². The van der Waals surface area contributed by atoms with Gasteiger partial charge in [0, 0.05) is 39.4 Å². The van der Waals surface area contributed by atoms with E-state index in [0.717, 1.165) is 44.7 Å². The summed E-state index contributed by atoms with van der Waals surface area (Å²) in [7, 11) is 0. The van der Waals surface area contributed by atoms with Gasteiger partial charge < -0.3 is 20.3 Å². The third-order valence-corrected chi connectivity index (χ3v) is 5.91. The van der Waals surface area contributed by atoms with E-state index in [1.807, 2.05) is 0 Å². The van der Waals surface area contributed by atoms with Gasteiger partial charge >= 0.3 is 0 Å². The summed E-state index contributed by atoms with van der Waals surface area (Å²) in [6.07, 6.45) is 6.60. The monoisotopic (exact) mass is 381 g/mol. The minimum atomic E-state index is -0.347. The Balaban J connectivity index is 0.00000144. The van der Waals surface area contributed by atoms with E-state index in [2.05, 4.69) is 9.80 Å². The molecule has 2 N–H and O–H groups in total. The number of rotatable bonds is 4. The van der Waals surface area contributed by atoms with Crippen LogP contribution in [0.25, 0.3) is 0 Å². The number of halogens is 2. The molecule has 1 amide bonds. The van der Waals surface area contributed by atoms with Crippen LogP contribution in [0, 0.1) is 11.3 Å². The number of nitrogens with two attached hydrogens (primary N) is 1. The predicted octanol–water partition coefficient (Wildman–Crippen LogP) is 1.92. The Morgan fingerprint density at radius 2 is 1.62 bits per heavy atom. The largest absolute Gasteiger partial charge is 0.381 e. The average Bonchev–Trinajstić information content (AvgIpc) is 3.08. The van der Waals surface area contributed by atoms with Crippen molar-refractivity contribution in [2.24, 2.45) is 17.1 Å². The van der Waals surface area contributed by atoms with E-state index in [-0.39, 0.29) is 36.1 Å². The Hall–Kier alpha value is -0.0700.